The number of ether oxygens (including phenoxy) is 1. The van der Waals surface area contributed by atoms with Gasteiger partial charge >= 0.3 is 0 Å². The molecule has 3 heteroatoms. The van der Waals surface area contributed by atoms with Crippen molar-refractivity contribution < 1.29 is 9.53 Å². The van der Waals surface area contributed by atoms with Crippen molar-refractivity contribution in [1.29, 1.82) is 5.26 Å². The van der Waals surface area contributed by atoms with Gasteiger partial charge in [0.1, 0.15) is 5.78 Å². The fourth-order valence-corrected chi connectivity index (χ4v) is 7.75. The van der Waals surface area contributed by atoms with Crippen LogP contribution >= 0.6 is 0 Å². The average Bonchev–Trinajstić information content (AvgIpc) is 2.93. The van der Waals surface area contributed by atoms with Crippen LogP contribution in [0.3, 0.4) is 0 Å². The van der Waals surface area contributed by atoms with Crippen molar-refractivity contribution >= 4 is 5.78 Å². The summed E-state index contributed by atoms with van der Waals surface area (Å²) in [5.41, 5.74) is 1.95. The normalized spacial score (nSPS) is 50.0. The van der Waals surface area contributed by atoms with Crippen LogP contribution in [0.5, 0.6) is 0 Å². The predicted molar refractivity (Wildman–Crippen MR) is 101 cm³/mol. The smallest absolute Gasteiger partial charge is 0.134 e. The Morgan fingerprint density at radius 3 is 2.69 bits per heavy atom. The third kappa shape index (κ3) is 2.37. The number of rotatable bonds is 2. The van der Waals surface area contributed by atoms with Gasteiger partial charge in [0.25, 0.3) is 0 Å². The summed E-state index contributed by atoms with van der Waals surface area (Å²) < 4.78 is 5.66. The molecule has 0 amide bonds. The number of ketones is 1. The molecule has 4 rings (SSSR count). The van der Waals surface area contributed by atoms with Crippen molar-refractivity contribution in [1.82, 2.24) is 0 Å². The average molecular weight is 356 g/mol. The molecule has 0 spiro atoms. The van der Waals surface area contributed by atoms with Crippen molar-refractivity contribution in [3.63, 3.8) is 0 Å². The Labute approximate surface area is 158 Å². The van der Waals surface area contributed by atoms with Crippen molar-refractivity contribution in [2.24, 2.45) is 40.4 Å². The number of allylic oxidation sites excluding steroid dienone is 1. The first kappa shape index (κ1) is 18.2. The Morgan fingerprint density at radius 2 is 2.04 bits per heavy atom. The summed E-state index contributed by atoms with van der Waals surface area (Å²) in [4.78, 5) is 12.4. The van der Waals surface area contributed by atoms with E-state index in [0.717, 1.165) is 32.1 Å². The molecule has 0 aromatic rings. The van der Waals surface area contributed by atoms with E-state index in [4.69, 9.17) is 4.74 Å². The molecule has 3 fully saturated rings. The van der Waals surface area contributed by atoms with Gasteiger partial charge in [-0.2, -0.15) is 5.26 Å². The third-order valence-corrected chi connectivity index (χ3v) is 9.05. The molecule has 0 unspecified atom stereocenters. The number of hydrogen-bond donors (Lipinski definition) is 0. The van der Waals surface area contributed by atoms with Gasteiger partial charge in [0.2, 0.25) is 0 Å². The molecule has 0 N–H and O–H groups in total. The van der Waals surface area contributed by atoms with Gasteiger partial charge < -0.3 is 4.74 Å². The zero-order chi connectivity index (χ0) is 18.7. The summed E-state index contributed by atoms with van der Waals surface area (Å²) in [7, 11) is 1.84. The molecule has 3 nitrogen and oxygen atoms in total. The zero-order valence-corrected chi connectivity index (χ0v) is 16.8. The molecule has 4 aliphatic carbocycles. The largest absolute Gasteiger partial charge is 0.381 e. The van der Waals surface area contributed by atoms with Crippen LogP contribution in [-0.2, 0) is 9.53 Å². The molecule has 0 bridgehead atoms. The second-order valence-electron chi connectivity index (χ2n) is 9.96. The van der Waals surface area contributed by atoms with E-state index >= 15 is 0 Å². The molecule has 0 heterocycles. The standard InChI is InChI=1S/C23H33NO2/c1-14(25)21-15(13-24)11-20-18-6-5-16-12-17(26-4)7-9-22(16,2)19(18)8-10-23(20,21)3/h5,15,17-21H,6-12H2,1-4H3/t15-,17+,18+,19-,20-,21-,22-,23-/m0/s1. The summed E-state index contributed by atoms with van der Waals surface area (Å²) >= 11 is 0. The summed E-state index contributed by atoms with van der Waals surface area (Å²) in [5, 5.41) is 9.71. The maximum absolute atomic E-state index is 12.4. The van der Waals surface area contributed by atoms with Crippen molar-refractivity contribution in [3.05, 3.63) is 11.6 Å². The monoisotopic (exact) mass is 355 g/mol. The summed E-state index contributed by atoms with van der Waals surface area (Å²) in [6.45, 7) is 6.52. The number of nitrogens with zero attached hydrogens (tertiary/aromatic N) is 1. The Morgan fingerprint density at radius 1 is 1.27 bits per heavy atom. The SMILES string of the molecule is CO[C@@H]1CC[C@@]2(C)C(=CC[C@H]3[C@@H]4C[C@@H](C#N)[C@H](C(C)=O)[C@@]4(C)CC[C@@H]32)C1. The van der Waals surface area contributed by atoms with Crippen LogP contribution in [-0.4, -0.2) is 19.0 Å². The molecule has 0 aromatic carbocycles. The minimum absolute atomic E-state index is 0.0266. The van der Waals surface area contributed by atoms with Gasteiger partial charge in [-0.15, -0.1) is 0 Å². The maximum Gasteiger partial charge on any atom is 0.134 e. The van der Waals surface area contributed by atoms with Gasteiger partial charge in [-0.1, -0.05) is 25.5 Å². The number of carbonyl (C=O) groups excluding carboxylic acids is 1. The molecule has 3 saturated carbocycles. The van der Waals surface area contributed by atoms with Crippen molar-refractivity contribution in [3.8, 4) is 6.07 Å². The fourth-order valence-electron chi connectivity index (χ4n) is 7.75. The lowest BCUT2D eigenvalue weighted by Gasteiger charge is -2.58. The Bertz CT molecular complexity index is 676. The highest BCUT2D eigenvalue weighted by atomic mass is 16.5. The van der Waals surface area contributed by atoms with E-state index in [-0.39, 0.29) is 23.0 Å². The third-order valence-electron chi connectivity index (χ3n) is 9.05. The summed E-state index contributed by atoms with van der Waals surface area (Å²) in [5.74, 6) is 1.98. The molecule has 26 heavy (non-hydrogen) atoms. The van der Waals surface area contributed by atoms with E-state index < -0.39 is 0 Å². The van der Waals surface area contributed by atoms with E-state index in [1.165, 1.54) is 12.8 Å². The first-order chi connectivity index (χ1) is 12.3. The molecular weight excluding hydrogens is 322 g/mol. The van der Waals surface area contributed by atoms with Gasteiger partial charge in [-0.25, -0.2) is 0 Å². The van der Waals surface area contributed by atoms with E-state index in [1.807, 2.05) is 7.11 Å². The van der Waals surface area contributed by atoms with Gasteiger partial charge in [0.05, 0.1) is 18.1 Å². The minimum atomic E-state index is -0.0799. The van der Waals surface area contributed by atoms with Crippen LogP contribution in [0.1, 0.15) is 65.7 Å². The van der Waals surface area contributed by atoms with Crippen LogP contribution < -0.4 is 0 Å². The highest BCUT2D eigenvalue weighted by molar-refractivity contribution is 5.80. The number of fused-ring (bicyclic) bond motifs is 5. The van der Waals surface area contributed by atoms with Gasteiger partial charge in [-0.3, -0.25) is 4.79 Å². The molecule has 4 aliphatic rings. The number of methoxy groups -OCH3 is 1. The Kier molecular flexibility index (Phi) is 4.35. The zero-order valence-electron chi connectivity index (χ0n) is 16.8. The first-order valence-corrected chi connectivity index (χ1v) is 10.5. The number of Topliss-reactive ketones (excluding diaryl/α,β-unsaturated/α-hetero) is 1. The topological polar surface area (TPSA) is 50.1 Å². The Hall–Kier alpha value is -1.14. The molecule has 0 aliphatic heterocycles. The van der Waals surface area contributed by atoms with E-state index in [0.29, 0.717) is 29.3 Å². The second-order valence-corrected chi connectivity index (χ2v) is 9.96. The first-order valence-electron chi connectivity index (χ1n) is 10.5. The minimum Gasteiger partial charge on any atom is -0.381 e. The second kappa shape index (κ2) is 6.20. The number of hydrogen-bond acceptors (Lipinski definition) is 3. The summed E-state index contributed by atoms with van der Waals surface area (Å²) in [6.07, 6.45) is 10.8. The lowest BCUT2D eigenvalue weighted by atomic mass is 9.47. The van der Waals surface area contributed by atoms with Crippen LogP contribution in [0.15, 0.2) is 11.6 Å². The molecule has 0 aromatic heterocycles. The molecule has 8 atom stereocenters. The van der Waals surface area contributed by atoms with Gasteiger partial charge in [0.15, 0.2) is 0 Å². The van der Waals surface area contributed by atoms with Gasteiger partial charge in [-0.05, 0) is 80.5 Å². The maximum atomic E-state index is 12.4. The van der Waals surface area contributed by atoms with Gasteiger partial charge in [0, 0.05) is 13.0 Å². The highest BCUT2D eigenvalue weighted by Crippen LogP contribution is 2.67. The lowest BCUT2D eigenvalue weighted by molar-refractivity contribution is -0.128. The Balaban J connectivity index is 1.67. The molecule has 0 saturated heterocycles. The quantitative estimate of drug-likeness (QED) is 0.661. The van der Waals surface area contributed by atoms with Crippen LogP contribution in [0.2, 0.25) is 0 Å². The van der Waals surface area contributed by atoms with E-state index in [2.05, 4.69) is 26.0 Å². The van der Waals surface area contributed by atoms with Crippen LogP contribution in [0.25, 0.3) is 0 Å². The van der Waals surface area contributed by atoms with Crippen LogP contribution in [0, 0.1) is 51.8 Å². The molecule has 0 radical (unpaired) electrons. The molecular formula is C23H33NO2. The van der Waals surface area contributed by atoms with Crippen LogP contribution in [0.4, 0.5) is 0 Å². The van der Waals surface area contributed by atoms with E-state index in [9.17, 15) is 10.1 Å². The number of carbonyl (C=O) groups is 1. The lowest BCUT2D eigenvalue weighted by Crippen LogP contribution is -2.51. The van der Waals surface area contributed by atoms with E-state index in [1.54, 1.807) is 12.5 Å². The highest BCUT2D eigenvalue weighted by Gasteiger charge is 2.62. The fraction of sp³-hybridized carbons (Fsp3) is 0.826. The number of nitriles is 1. The predicted octanol–water partition coefficient (Wildman–Crippen LogP) is 4.92. The van der Waals surface area contributed by atoms with Crippen molar-refractivity contribution in [2.75, 3.05) is 7.11 Å². The summed E-state index contributed by atoms with van der Waals surface area (Å²) in [6, 6.07) is 2.50. The molecule has 142 valence electrons. The van der Waals surface area contributed by atoms with Crippen molar-refractivity contribution in [2.45, 2.75) is 71.8 Å².